The van der Waals surface area contributed by atoms with Gasteiger partial charge in [-0.15, -0.1) is 11.8 Å². The van der Waals surface area contributed by atoms with Crippen LogP contribution in [-0.2, 0) is 17.6 Å². The van der Waals surface area contributed by atoms with E-state index in [2.05, 4.69) is 45.9 Å². The van der Waals surface area contributed by atoms with Crippen LogP contribution in [0.1, 0.15) is 45.2 Å². The van der Waals surface area contributed by atoms with Crippen molar-refractivity contribution in [2.24, 2.45) is 0 Å². The molecule has 2 rings (SSSR count). The van der Waals surface area contributed by atoms with E-state index < -0.39 is 0 Å². The molecule has 0 atom stereocenters. The highest BCUT2D eigenvalue weighted by molar-refractivity contribution is 8.00. The van der Waals surface area contributed by atoms with Crippen LogP contribution in [0.2, 0.25) is 0 Å². The number of hydrogen-bond acceptors (Lipinski definition) is 2. The second-order valence-electron chi connectivity index (χ2n) is 6.06. The molecule has 0 radical (unpaired) electrons. The van der Waals surface area contributed by atoms with Crippen LogP contribution in [0.5, 0.6) is 0 Å². The van der Waals surface area contributed by atoms with E-state index in [1.54, 1.807) is 11.8 Å². The molecule has 0 aromatic heterocycles. The number of aryl methyl sites for hydroxylation is 2. The van der Waals surface area contributed by atoms with Gasteiger partial charge in [0.15, 0.2) is 0 Å². The maximum atomic E-state index is 12.3. The number of carbonyl (C=O) groups excluding carboxylic acids is 1. The van der Waals surface area contributed by atoms with Crippen molar-refractivity contribution in [3.05, 3.63) is 29.3 Å². The second-order valence-corrected chi connectivity index (χ2v) is 7.11. The van der Waals surface area contributed by atoms with Gasteiger partial charge in [0.1, 0.15) is 0 Å². The highest BCUT2D eigenvalue weighted by Gasteiger charge is 2.20. The highest BCUT2D eigenvalue weighted by atomic mass is 32.2. The summed E-state index contributed by atoms with van der Waals surface area (Å²) in [4.78, 5) is 15.5. The van der Waals surface area contributed by atoms with Crippen molar-refractivity contribution in [3.8, 4) is 0 Å². The molecule has 0 saturated carbocycles. The molecular weight excluding hydrogens is 266 g/mol. The monoisotopic (exact) mass is 291 g/mol. The molecule has 0 spiro atoms. The van der Waals surface area contributed by atoms with Gasteiger partial charge < -0.3 is 4.90 Å². The second kappa shape index (κ2) is 6.66. The fourth-order valence-corrected chi connectivity index (χ4v) is 3.86. The molecule has 0 aliphatic heterocycles. The van der Waals surface area contributed by atoms with Gasteiger partial charge in [-0.05, 0) is 70.2 Å². The number of fused-ring (bicyclic) bond motifs is 1. The quantitative estimate of drug-likeness (QED) is 0.767. The molecule has 20 heavy (non-hydrogen) atoms. The lowest BCUT2D eigenvalue weighted by Crippen LogP contribution is -2.43. The van der Waals surface area contributed by atoms with Crippen molar-refractivity contribution < 1.29 is 4.79 Å². The Bertz CT molecular complexity index is 474. The van der Waals surface area contributed by atoms with Crippen LogP contribution in [0.15, 0.2) is 23.1 Å². The van der Waals surface area contributed by atoms with Crippen molar-refractivity contribution in [2.45, 2.75) is 63.9 Å². The van der Waals surface area contributed by atoms with Crippen LogP contribution in [0.3, 0.4) is 0 Å². The lowest BCUT2D eigenvalue weighted by atomic mass is 10.1. The third kappa shape index (κ3) is 3.57. The molecule has 1 aromatic carbocycles. The van der Waals surface area contributed by atoms with Crippen molar-refractivity contribution in [3.63, 3.8) is 0 Å². The Morgan fingerprint density at radius 2 is 1.80 bits per heavy atom. The molecule has 0 heterocycles. The molecule has 1 aromatic rings. The largest absolute Gasteiger partial charge is 0.337 e. The average Bonchev–Trinajstić information content (AvgIpc) is 2.82. The lowest BCUT2D eigenvalue weighted by Gasteiger charge is -2.30. The van der Waals surface area contributed by atoms with Gasteiger partial charge in [0.2, 0.25) is 5.91 Å². The Hall–Kier alpha value is -0.960. The maximum Gasteiger partial charge on any atom is 0.233 e. The number of carbonyl (C=O) groups is 1. The molecule has 1 aliphatic rings. The predicted octanol–water partition coefficient (Wildman–Crippen LogP) is 3.91. The number of benzene rings is 1. The summed E-state index contributed by atoms with van der Waals surface area (Å²) < 4.78 is 0. The highest BCUT2D eigenvalue weighted by Crippen LogP contribution is 2.27. The van der Waals surface area contributed by atoms with Crippen molar-refractivity contribution in [2.75, 3.05) is 5.75 Å². The van der Waals surface area contributed by atoms with E-state index >= 15 is 0 Å². The number of rotatable bonds is 5. The van der Waals surface area contributed by atoms with Crippen LogP contribution in [0.4, 0.5) is 0 Å². The molecule has 1 amide bonds. The molecule has 1 aliphatic carbocycles. The molecule has 0 fully saturated rings. The van der Waals surface area contributed by atoms with E-state index in [9.17, 15) is 4.79 Å². The molecular formula is C17H25NOS. The van der Waals surface area contributed by atoms with Gasteiger partial charge in [-0.1, -0.05) is 6.07 Å². The summed E-state index contributed by atoms with van der Waals surface area (Å²) >= 11 is 1.67. The van der Waals surface area contributed by atoms with Crippen molar-refractivity contribution >= 4 is 17.7 Å². The molecule has 3 heteroatoms. The summed E-state index contributed by atoms with van der Waals surface area (Å²) in [6.07, 6.45) is 3.69. The topological polar surface area (TPSA) is 20.3 Å². The Morgan fingerprint density at radius 1 is 1.15 bits per heavy atom. The van der Waals surface area contributed by atoms with E-state index in [0.29, 0.717) is 5.75 Å². The first kappa shape index (κ1) is 15.4. The summed E-state index contributed by atoms with van der Waals surface area (Å²) in [5.74, 6) is 0.773. The van der Waals surface area contributed by atoms with Crippen LogP contribution in [0, 0.1) is 0 Å². The Morgan fingerprint density at radius 3 is 2.45 bits per heavy atom. The molecule has 2 nitrogen and oxygen atoms in total. The van der Waals surface area contributed by atoms with Gasteiger partial charge >= 0.3 is 0 Å². The van der Waals surface area contributed by atoms with Gasteiger partial charge in [-0.3, -0.25) is 4.79 Å². The van der Waals surface area contributed by atoms with Gasteiger partial charge in [-0.25, -0.2) is 0 Å². The molecule has 0 unspecified atom stereocenters. The van der Waals surface area contributed by atoms with E-state index in [0.717, 1.165) is 0 Å². The SMILES string of the molecule is CC(C)N(C(=O)CSc1ccc2c(c1)CCC2)C(C)C. The van der Waals surface area contributed by atoms with Crippen LogP contribution >= 0.6 is 11.8 Å². The normalized spacial score (nSPS) is 13.9. The number of nitrogens with zero attached hydrogens (tertiary/aromatic N) is 1. The third-order valence-electron chi connectivity index (χ3n) is 3.83. The van der Waals surface area contributed by atoms with Crippen molar-refractivity contribution in [1.29, 1.82) is 0 Å². The lowest BCUT2D eigenvalue weighted by molar-refractivity contribution is -0.131. The van der Waals surface area contributed by atoms with Gasteiger partial charge in [0.25, 0.3) is 0 Å². The zero-order chi connectivity index (χ0) is 14.7. The van der Waals surface area contributed by atoms with Crippen LogP contribution in [-0.4, -0.2) is 28.6 Å². The van der Waals surface area contributed by atoms with Gasteiger partial charge in [0, 0.05) is 17.0 Å². The van der Waals surface area contributed by atoms with Gasteiger partial charge in [0.05, 0.1) is 5.75 Å². The fraction of sp³-hybridized carbons (Fsp3) is 0.588. The Balaban J connectivity index is 1.96. The summed E-state index contributed by atoms with van der Waals surface area (Å²) in [7, 11) is 0. The molecule has 110 valence electrons. The Labute approximate surface area is 126 Å². The van der Waals surface area contributed by atoms with Crippen LogP contribution < -0.4 is 0 Å². The minimum Gasteiger partial charge on any atom is -0.337 e. The zero-order valence-corrected chi connectivity index (χ0v) is 13.8. The first-order valence-electron chi connectivity index (χ1n) is 7.55. The Kier molecular flexibility index (Phi) is 5.14. The van der Waals surface area contributed by atoms with Crippen LogP contribution in [0.25, 0.3) is 0 Å². The predicted molar refractivity (Wildman–Crippen MR) is 86.3 cm³/mol. The summed E-state index contributed by atoms with van der Waals surface area (Å²) in [5, 5.41) is 0. The summed E-state index contributed by atoms with van der Waals surface area (Å²) in [5.41, 5.74) is 2.97. The van der Waals surface area contributed by atoms with E-state index in [1.165, 1.54) is 35.3 Å². The number of thioether (sulfide) groups is 1. The molecule has 0 saturated heterocycles. The summed E-state index contributed by atoms with van der Waals surface area (Å²) in [6, 6.07) is 7.20. The van der Waals surface area contributed by atoms with Crippen molar-refractivity contribution in [1.82, 2.24) is 4.90 Å². The zero-order valence-electron chi connectivity index (χ0n) is 13.0. The van der Waals surface area contributed by atoms with E-state index in [-0.39, 0.29) is 18.0 Å². The standard InChI is InChI=1S/C17H25NOS/c1-12(2)18(13(3)4)17(19)11-20-16-9-8-14-6-5-7-15(14)10-16/h8-10,12-13H,5-7,11H2,1-4H3. The molecule has 0 bridgehead atoms. The molecule has 0 N–H and O–H groups in total. The third-order valence-corrected chi connectivity index (χ3v) is 4.81. The summed E-state index contributed by atoms with van der Waals surface area (Å²) in [6.45, 7) is 8.33. The van der Waals surface area contributed by atoms with Gasteiger partial charge in [-0.2, -0.15) is 0 Å². The first-order chi connectivity index (χ1) is 9.49. The maximum absolute atomic E-state index is 12.3. The minimum absolute atomic E-state index is 0.237. The van der Waals surface area contributed by atoms with E-state index in [1.807, 2.05) is 4.90 Å². The number of hydrogen-bond donors (Lipinski definition) is 0. The van der Waals surface area contributed by atoms with E-state index in [4.69, 9.17) is 0 Å². The first-order valence-corrected chi connectivity index (χ1v) is 8.53. The minimum atomic E-state index is 0.237. The fourth-order valence-electron chi connectivity index (χ4n) is 3.03. The number of amides is 1. The average molecular weight is 291 g/mol. The smallest absolute Gasteiger partial charge is 0.233 e.